The van der Waals surface area contributed by atoms with Crippen molar-refractivity contribution in [1.29, 1.82) is 0 Å². The number of sulfone groups is 1. The lowest BCUT2D eigenvalue weighted by Gasteiger charge is -2.10. The predicted molar refractivity (Wildman–Crippen MR) is 104 cm³/mol. The Labute approximate surface area is 162 Å². The second-order valence-electron chi connectivity index (χ2n) is 5.96. The van der Waals surface area contributed by atoms with Gasteiger partial charge in [0.05, 0.1) is 16.4 Å². The number of nitro groups is 1. The highest BCUT2D eigenvalue weighted by atomic mass is 32.2. The number of amides is 1. The van der Waals surface area contributed by atoms with Gasteiger partial charge in [0, 0.05) is 25.4 Å². The van der Waals surface area contributed by atoms with Crippen molar-refractivity contribution in [3.63, 3.8) is 0 Å². The Hall–Kier alpha value is -2.98. The Morgan fingerprint density at radius 3 is 2.50 bits per heavy atom. The van der Waals surface area contributed by atoms with E-state index in [9.17, 15) is 23.3 Å². The second kappa shape index (κ2) is 9.81. The molecule has 0 saturated carbocycles. The minimum atomic E-state index is -3.54. The SMILES string of the molecule is CS(=O)(=O)c1ccc(NCCNC(=O)COCc2ccccc2)c([N+](=O)[O-])c1. The van der Waals surface area contributed by atoms with E-state index in [0.717, 1.165) is 17.9 Å². The third-order valence-corrected chi connectivity index (χ3v) is 4.81. The molecule has 0 fully saturated rings. The number of nitrogens with zero attached hydrogens (tertiary/aromatic N) is 1. The summed E-state index contributed by atoms with van der Waals surface area (Å²) in [4.78, 5) is 22.1. The van der Waals surface area contributed by atoms with E-state index in [1.165, 1.54) is 12.1 Å². The van der Waals surface area contributed by atoms with Gasteiger partial charge in [0.25, 0.3) is 5.69 Å². The van der Waals surface area contributed by atoms with Crippen LogP contribution in [0.25, 0.3) is 0 Å². The zero-order valence-electron chi connectivity index (χ0n) is 15.3. The largest absolute Gasteiger partial charge is 0.378 e. The number of carbonyl (C=O) groups is 1. The van der Waals surface area contributed by atoms with Crippen molar-refractivity contribution in [1.82, 2.24) is 5.32 Å². The molecule has 0 unspecified atom stereocenters. The lowest BCUT2D eigenvalue weighted by Crippen LogP contribution is -2.31. The number of ether oxygens (including phenoxy) is 1. The van der Waals surface area contributed by atoms with Crippen molar-refractivity contribution in [2.75, 3.05) is 31.3 Å². The fourth-order valence-corrected chi connectivity index (χ4v) is 2.97. The van der Waals surface area contributed by atoms with Gasteiger partial charge in [-0.3, -0.25) is 14.9 Å². The summed E-state index contributed by atoms with van der Waals surface area (Å²) >= 11 is 0. The first-order valence-electron chi connectivity index (χ1n) is 8.38. The van der Waals surface area contributed by atoms with Crippen molar-refractivity contribution in [2.45, 2.75) is 11.5 Å². The first kappa shape index (κ1) is 21.3. The van der Waals surface area contributed by atoms with E-state index >= 15 is 0 Å². The number of nitrogens with one attached hydrogen (secondary N) is 2. The molecular weight excluding hydrogens is 386 g/mol. The first-order valence-corrected chi connectivity index (χ1v) is 10.3. The van der Waals surface area contributed by atoms with Crippen LogP contribution in [0.2, 0.25) is 0 Å². The van der Waals surface area contributed by atoms with E-state index in [1.807, 2.05) is 30.3 Å². The van der Waals surface area contributed by atoms with Gasteiger partial charge in [-0.15, -0.1) is 0 Å². The Morgan fingerprint density at radius 2 is 1.86 bits per heavy atom. The Morgan fingerprint density at radius 1 is 1.14 bits per heavy atom. The van der Waals surface area contributed by atoms with E-state index in [4.69, 9.17) is 4.74 Å². The third kappa shape index (κ3) is 6.63. The highest BCUT2D eigenvalue weighted by Gasteiger charge is 2.18. The Kier molecular flexibility index (Phi) is 7.47. The molecule has 0 aromatic heterocycles. The minimum Gasteiger partial charge on any atom is -0.378 e. The molecule has 10 heteroatoms. The fraction of sp³-hybridized carbons (Fsp3) is 0.278. The fourth-order valence-electron chi connectivity index (χ4n) is 2.33. The van der Waals surface area contributed by atoms with E-state index in [1.54, 1.807) is 0 Å². The van der Waals surface area contributed by atoms with E-state index in [0.29, 0.717) is 6.61 Å². The molecule has 150 valence electrons. The zero-order valence-corrected chi connectivity index (χ0v) is 16.1. The Balaban J connectivity index is 1.78. The van der Waals surface area contributed by atoms with Crippen molar-refractivity contribution in [3.8, 4) is 0 Å². The summed E-state index contributed by atoms with van der Waals surface area (Å²) in [5.41, 5.74) is 0.786. The van der Waals surface area contributed by atoms with Crippen molar-refractivity contribution in [3.05, 3.63) is 64.2 Å². The molecule has 0 spiro atoms. The first-order chi connectivity index (χ1) is 13.3. The molecule has 1 amide bonds. The maximum atomic E-state index is 11.7. The molecule has 28 heavy (non-hydrogen) atoms. The Bertz CT molecular complexity index is 932. The molecular formula is C18H21N3O6S. The minimum absolute atomic E-state index is 0.0991. The van der Waals surface area contributed by atoms with Gasteiger partial charge in [0.2, 0.25) is 5.91 Å². The molecule has 0 bridgehead atoms. The molecule has 0 atom stereocenters. The van der Waals surface area contributed by atoms with Crippen LogP contribution in [-0.2, 0) is 26.0 Å². The van der Waals surface area contributed by atoms with Gasteiger partial charge in [-0.25, -0.2) is 8.42 Å². The van der Waals surface area contributed by atoms with Crippen LogP contribution in [0.5, 0.6) is 0 Å². The number of anilines is 1. The monoisotopic (exact) mass is 407 g/mol. The molecule has 2 aromatic rings. The number of hydrogen-bond donors (Lipinski definition) is 2. The molecule has 0 saturated heterocycles. The third-order valence-electron chi connectivity index (χ3n) is 3.70. The molecule has 2 N–H and O–H groups in total. The number of benzene rings is 2. The van der Waals surface area contributed by atoms with E-state index < -0.39 is 14.8 Å². The van der Waals surface area contributed by atoms with Crippen LogP contribution in [0.3, 0.4) is 0 Å². The van der Waals surface area contributed by atoms with Gasteiger partial charge in [0.1, 0.15) is 12.3 Å². The number of rotatable bonds is 10. The van der Waals surface area contributed by atoms with E-state index in [-0.39, 0.29) is 41.9 Å². The summed E-state index contributed by atoms with van der Waals surface area (Å²) in [5.74, 6) is -0.306. The van der Waals surface area contributed by atoms with Gasteiger partial charge < -0.3 is 15.4 Å². The maximum absolute atomic E-state index is 11.7. The van der Waals surface area contributed by atoms with Crippen molar-refractivity contribution < 1.29 is 22.9 Å². The van der Waals surface area contributed by atoms with Gasteiger partial charge >= 0.3 is 0 Å². The molecule has 0 radical (unpaired) electrons. The summed E-state index contributed by atoms with van der Waals surface area (Å²) in [5, 5.41) is 16.6. The summed E-state index contributed by atoms with van der Waals surface area (Å²) in [6.07, 6.45) is 0.981. The lowest BCUT2D eigenvalue weighted by atomic mass is 10.2. The van der Waals surface area contributed by atoms with Crippen LogP contribution < -0.4 is 10.6 Å². The molecule has 0 aliphatic rings. The molecule has 0 heterocycles. The highest BCUT2D eigenvalue weighted by molar-refractivity contribution is 7.90. The van der Waals surface area contributed by atoms with Crippen LogP contribution in [0.4, 0.5) is 11.4 Å². The van der Waals surface area contributed by atoms with Gasteiger partial charge in [-0.05, 0) is 17.7 Å². The van der Waals surface area contributed by atoms with Crippen LogP contribution in [0, 0.1) is 10.1 Å². The molecule has 0 aliphatic heterocycles. The predicted octanol–water partition coefficient (Wildman–Crippen LogP) is 1.74. The standard InChI is InChI=1S/C18H21N3O6S/c1-28(25,26)15-7-8-16(17(11-15)21(23)24)19-9-10-20-18(22)13-27-12-14-5-3-2-4-6-14/h2-8,11,19H,9-10,12-13H2,1H3,(H,20,22). The average molecular weight is 407 g/mol. The maximum Gasteiger partial charge on any atom is 0.293 e. The quantitative estimate of drug-likeness (QED) is 0.349. The summed E-state index contributed by atoms with van der Waals surface area (Å²) in [7, 11) is -3.54. The van der Waals surface area contributed by atoms with E-state index in [2.05, 4.69) is 10.6 Å². The van der Waals surface area contributed by atoms with Gasteiger partial charge in [-0.2, -0.15) is 0 Å². The van der Waals surface area contributed by atoms with Gasteiger partial charge in [0.15, 0.2) is 9.84 Å². The second-order valence-corrected chi connectivity index (χ2v) is 7.98. The number of hydrogen-bond acceptors (Lipinski definition) is 7. The molecule has 2 aromatic carbocycles. The van der Waals surface area contributed by atoms with Crippen LogP contribution in [-0.4, -0.2) is 45.2 Å². The highest BCUT2D eigenvalue weighted by Crippen LogP contribution is 2.27. The smallest absolute Gasteiger partial charge is 0.293 e. The average Bonchev–Trinajstić information content (AvgIpc) is 2.65. The van der Waals surface area contributed by atoms with Crippen LogP contribution >= 0.6 is 0 Å². The van der Waals surface area contributed by atoms with Crippen LogP contribution in [0.15, 0.2) is 53.4 Å². The van der Waals surface area contributed by atoms with Crippen molar-refractivity contribution in [2.24, 2.45) is 0 Å². The molecule has 2 rings (SSSR count). The number of nitro benzene ring substituents is 1. The van der Waals surface area contributed by atoms with Gasteiger partial charge in [-0.1, -0.05) is 30.3 Å². The van der Waals surface area contributed by atoms with Crippen molar-refractivity contribution >= 4 is 27.1 Å². The summed E-state index contributed by atoms with van der Waals surface area (Å²) in [6, 6.07) is 13.1. The molecule has 0 aliphatic carbocycles. The summed E-state index contributed by atoms with van der Waals surface area (Å²) in [6.45, 7) is 0.672. The topological polar surface area (TPSA) is 128 Å². The lowest BCUT2D eigenvalue weighted by molar-refractivity contribution is -0.384. The summed E-state index contributed by atoms with van der Waals surface area (Å²) < 4.78 is 28.4. The number of carbonyl (C=O) groups excluding carboxylic acids is 1. The molecule has 9 nitrogen and oxygen atoms in total. The normalized spacial score (nSPS) is 11.0. The van der Waals surface area contributed by atoms with Crippen LogP contribution in [0.1, 0.15) is 5.56 Å². The zero-order chi connectivity index (χ0) is 20.6.